The number of aryl methyl sites for hydroxylation is 2. The summed E-state index contributed by atoms with van der Waals surface area (Å²) in [6, 6.07) is 13.4. The van der Waals surface area contributed by atoms with Gasteiger partial charge < -0.3 is 38.4 Å². The lowest BCUT2D eigenvalue weighted by molar-refractivity contribution is 0.00578. The molecule has 5 aliphatic rings. The number of ether oxygens (including phenoxy) is 2. The van der Waals surface area contributed by atoms with E-state index in [2.05, 4.69) is 122 Å². The van der Waals surface area contributed by atoms with Gasteiger partial charge in [-0.3, -0.25) is 0 Å². The van der Waals surface area contributed by atoms with Crippen molar-refractivity contribution in [2.75, 3.05) is 62.2 Å². The van der Waals surface area contributed by atoms with Gasteiger partial charge in [0.25, 0.3) is 0 Å². The van der Waals surface area contributed by atoms with Gasteiger partial charge in [-0.05, 0) is 164 Å². The standard InChI is InChI=1S/C24H33N5O2.C18H27BO2.C12H18ClN5O2/c1-23(2,3)31-22(30)29-13-11-28(12-14-29)21-26-16-25-20(27-21)18-8-9-19-17(15-18)7-6-10-24(19,4)5;1-16(2)11-7-8-13-12-14(9-10-15(13)16)19-20-17(3,4)18(5,6)21-19;1-12(2,3)20-11(19)18-6-4-17(5-7-18)10-15-8-14-9(13)16-10/h8-9,15-16H,6-7,10-14H2,1-5H3;9-10,12H,7-8,11H2,1-6H3;8H,4-7H2,1-3H3. The van der Waals surface area contributed by atoms with Crippen LogP contribution in [0.5, 0.6) is 0 Å². The van der Waals surface area contributed by atoms with Crippen molar-refractivity contribution in [3.05, 3.63) is 76.6 Å². The van der Waals surface area contributed by atoms with Crippen molar-refractivity contribution >= 4 is 48.3 Å². The molecule has 0 atom stereocenters. The summed E-state index contributed by atoms with van der Waals surface area (Å²) >= 11 is 5.74. The Morgan fingerprint density at radius 1 is 0.597 bits per heavy atom. The first-order chi connectivity index (χ1) is 33.6. The zero-order valence-electron chi connectivity index (χ0n) is 45.4. The molecule has 4 aromatic rings. The second kappa shape index (κ2) is 21.4. The first-order valence-corrected chi connectivity index (χ1v) is 26.1. The Labute approximate surface area is 433 Å². The van der Waals surface area contributed by atoms with E-state index in [0.717, 1.165) is 17.4 Å². The fourth-order valence-corrected chi connectivity index (χ4v) is 9.87. The molecule has 0 radical (unpaired) electrons. The maximum atomic E-state index is 12.3. The van der Waals surface area contributed by atoms with E-state index in [1.807, 2.05) is 46.4 Å². The maximum Gasteiger partial charge on any atom is 0.494 e. The SMILES string of the molecule is CC(C)(C)OC(=O)N1CCN(c2ncnc(-c3ccc4c(c3)CCCC4(C)C)n2)CC1.CC(C)(C)OC(=O)N1CCN(c2ncnc(Cl)n2)CC1.CC1(C)CCCc2cc(B3OC(C)(C)C(C)(C)O3)ccc21. The molecule has 2 aliphatic carbocycles. The molecule has 2 aromatic heterocycles. The van der Waals surface area contributed by atoms with Crippen LogP contribution in [0.15, 0.2) is 49.1 Å². The maximum absolute atomic E-state index is 12.3. The Bertz CT molecular complexity index is 2530. The van der Waals surface area contributed by atoms with E-state index in [1.54, 1.807) is 16.1 Å². The fourth-order valence-electron chi connectivity index (χ4n) is 9.75. The number of benzene rings is 2. The molecular formula is C54H78BClN10O6. The van der Waals surface area contributed by atoms with E-state index in [4.69, 9.17) is 35.4 Å². The molecule has 0 N–H and O–H groups in total. The number of halogens is 1. The van der Waals surface area contributed by atoms with Gasteiger partial charge in [-0.25, -0.2) is 29.5 Å². The molecule has 0 unspecified atom stereocenters. The van der Waals surface area contributed by atoms with Crippen LogP contribution in [0.2, 0.25) is 5.28 Å². The van der Waals surface area contributed by atoms with Gasteiger partial charge in [0.2, 0.25) is 17.2 Å². The summed E-state index contributed by atoms with van der Waals surface area (Å²) in [5, 5.41) is 0.171. The normalized spacial score (nSPS) is 20.0. The molecule has 72 heavy (non-hydrogen) atoms. The number of piperazine rings is 2. The van der Waals surface area contributed by atoms with Crippen molar-refractivity contribution in [1.82, 2.24) is 39.7 Å². The molecule has 2 amide bonds. The highest BCUT2D eigenvalue weighted by Crippen LogP contribution is 2.40. The highest BCUT2D eigenvalue weighted by Gasteiger charge is 2.52. The summed E-state index contributed by atoms with van der Waals surface area (Å²) in [5.74, 6) is 1.89. The molecule has 2 aromatic carbocycles. The third-order valence-electron chi connectivity index (χ3n) is 14.5. The highest BCUT2D eigenvalue weighted by atomic mass is 35.5. The van der Waals surface area contributed by atoms with Crippen LogP contribution >= 0.6 is 11.6 Å². The summed E-state index contributed by atoms with van der Waals surface area (Å²) in [5.41, 5.74) is 7.02. The summed E-state index contributed by atoms with van der Waals surface area (Å²) < 4.78 is 23.2. The van der Waals surface area contributed by atoms with E-state index in [9.17, 15) is 9.59 Å². The molecule has 0 spiro atoms. The van der Waals surface area contributed by atoms with Gasteiger partial charge in [-0.1, -0.05) is 58.0 Å². The van der Waals surface area contributed by atoms with Crippen LogP contribution < -0.4 is 15.3 Å². The van der Waals surface area contributed by atoms with Crippen LogP contribution in [0.4, 0.5) is 21.5 Å². The molecule has 0 saturated carbocycles. The average molecular weight is 1010 g/mol. The molecule has 3 fully saturated rings. The number of carbonyl (C=O) groups excluding carboxylic acids is 2. The lowest BCUT2D eigenvalue weighted by atomic mass is 9.69. The Balaban J connectivity index is 0.000000164. The zero-order valence-corrected chi connectivity index (χ0v) is 46.2. The van der Waals surface area contributed by atoms with Crippen LogP contribution in [-0.4, -0.2) is 134 Å². The van der Waals surface area contributed by atoms with Crippen molar-refractivity contribution in [1.29, 1.82) is 0 Å². The average Bonchev–Trinajstić information content (AvgIpc) is 3.53. The minimum Gasteiger partial charge on any atom is -0.444 e. The van der Waals surface area contributed by atoms with Crippen LogP contribution in [0.3, 0.4) is 0 Å². The predicted octanol–water partition coefficient (Wildman–Crippen LogP) is 9.39. The van der Waals surface area contributed by atoms with E-state index >= 15 is 0 Å². The second-order valence-electron chi connectivity index (χ2n) is 23.9. The fraction of sp³-hybridized carbons (Fsp3) is 0.630. The van der Waals surface area contributed by atoms with Crippen molar-refractivity contribution in [2.24, 2.45) is 0 Å². The van der Waals surface area contributed by atoms with Crippen LogP contribution in [0.1, 0.15) is 145 Å². The Morgan fingerprint density at radius 2 is 1.04 bits per heavy atom. The van der Waals surface area contributed by atoms with Gasteiger partial charge >= 0.3 is 19.3 Å². The van der Waals surface area contributed by atoms with Crippen molar-refractivity contribution in [3.63, 3.8) is 0 Å². The molecule has 390 valence electrons. The number of anilines is 2. The van der Waals surface area contributed by atoms with Gasteiger partial charge in [0.15, 0.2) is 5.82 Å². The monoisotopic (exact) mass is 1010 g/mol. The van der Waals surface area contributed by atoms with Gasteiger partial charge in [0.1, 0.15) is 23.9 Å². The van der Waals surface area contributed by atoms with Crippen molar-refractivity contribution in [2.45, 2.75) is 169 Å². The van der Waals surface area contributed by atoms with Crippen LogP contribution in [0.25, 0.3) is 11.4 Å². The highest BCUT2D eigenvalue weighted by molar-refractivity contribution is 6.62. The molecule has 18 heteroatoms. The van der Waals surface area contributed by atoms with Crippen LogP contribution in [-0.2, 0) is 42.5 Å². The number of amides is 2. The summed E-state index contributed by atoms with van der Waals surface area (Å²) in [4.78, 5) is 57.2. The smallest absolute Gasteiger partial charge is 0.444 e. The predicted molar refractivity (Wildman–Crippen MR) is 284 cm³/mol. The van der Waals surface area contributed by atoms with E-state index in [0.29, 0.717) is 75.5 Å². The lowest BCUT2D eigenvalue weighted by Crippen LogP contribution is -2.50. The third kappa shape index (κ3) is 13.5. The largest absolute Gasteiger partial charge is 0.494 e. The van der Waals surface area contributed by atoms with Gasteiger partial charge in [-0.2, -0.15) is 9.97 Å². The first-order valence-electron chi connectivity index (χ1n) is 25.7. The molecule has 16 nitrogen and oxygen atoms in total. The zero-order chi connectivity index (χ0) is 52.4. The molecule has 9 rings (SSSR count). The molecule has 0 bridgehead atoms. The van der Waals surface area contributed by atoms with Crippen molar-refractivity contribution < 1.29 is 28.4 Å². The summed E-state index contributed by atoms with van der Waals surface area (Å²) in [6.07, 6.45) is 9.68. The minimum absolute atomic E-state index is 0.171. The van der Waals surface area contributed by atoms with Crippen molar-refractivity contribution in [3.8, 4) is 11.4 Å². The molecular weight excluding hydrogens is 931 g/mol. The Kier molecular flexibility index (Phi) is 16.2. The number of hydrogen-bond acceptors (Lipinski definition) is 14. The van der Waals surface area contributed by atoms with Gasteiger partial charge in [-0.15, -0.1) is 0 Å². The van der Waals surface area contributed by atoms with Crippen LogP contribution in [0, 0.1) is 0 Å². The Morgan fingerprint density at radius 3 is 1.51 bits per heavy atom. The van der Waals surface area contributed by atoms with Gasteiger partial charge in [0.05, 0.1) is 11.2 Å². The number of hydrogen-bond donors (Lipinski definition) is 0. The lowest BCUT2D eigenvalue weighted by Gasteiger charge is -2.35. The number of fused-ring (bicyclic) bond motifs is 2. The molecule has 3 saturated heterocycles. The topological polar surface area (TPSA) is 161 Å². The minimum atomic E-state index is -0.485. The number of aromatic nitrogens is 6. The molecule has 5 heterocycles. The number of carbonyl (C=O) groups is 2. The van der Waals surface area contributed by atoms with E-state index < -0.39 is 11.2 Å². The summed E-state index contributed by atoms with van der Waals surface area (Å²) in [7, 11) is -0.245. The number of rotatable bonds is 4. The first kappa shape index (κ1) is 54.6. The summed E-state index contributed by atoms with van der Waals surface area (Å²) in [6.45, 7) is 33.9. The van der Waals surface area contributed by atoms with Gasteiger partial charge in [0, 0.05) is 57.9 Å². The Hall–Kier alpha value is -5.13. The quantitative estimate of drug-likeness (QED) is 0.178. The third-order valence-corrected chi connectivity index (χ3v) is 14.7. The number of nitrogens with zero attached hydrogens (tertiary/aromatic N) is 10. The molecule has 3 aliphatic heterocycles. The van der Waals surface area contributed by atoms with E-state index in [-0.39, 0.29) is 41.2 Å². The second-order valence-corrected chi connectivity index (χ2v) is 24.3. The van der Waals surface area contributed by atoms with E-state index in [1.165, 1.54) is 60.7 Å².